The van der Waals surface area contributed by atoms with Crippen molar-refractivity contribution in [2.75, 3.05) is 0 Å². The molecule has 0 bridgehead atoms. The highest BCUT2D eigenvalue weighted by Gasteiger charge is 2.50. The molecule has 1 N–H and O–H groups in total. The summed E-state index contributed by atoms with van der Waals surface area (Å²) in [7, 11) is -2.43. The van der Waals surface area contributed by atoms with Crippen molar-refractivity contribution in [2.45, 2.75) is 17.6 Å². The van der Waals surface area contributed by atoms with Gasteiger partial charge in [-0.2, -0.15) is 26.3 Å². The number of nitrogens with zero attached hydrogens (tertiary/aromatic N) is 2. The Balaban J connectivity index is 0.000000361. The highest BCUT2D eigenvalue weighted by Crippen LogP contribution is 2.33. The van der Waals surface area contributed by atoms with Gasteiger partial charge in [0.15, 0.2) is 0 Å². The predicted molar refractivity (Wildman–Crippen MR) is 52.8 cm³/mol. The van der Waals surface area contributed by atoms with Crippen LogP contribution in [-0.4, -0.2) is 21.6 Å². The summed E-state index contributed by atoms with van der Waals surface area (Å²) in [6, 6.07) is 0. The molecule has 116 valence electrons. The van der Waals surface area contributed by atoms with Crippen molar-refractivity contribution in [3.63, 3.8) is 0 Å². The van der Waals surface area contributed by atoms with Gasteiger partial charge < -0.3 is 9.90 Å². The standard InChI is InChI=1S/C6H8N2O2.C2HF6NS/c1-7-2-3-8(5-7)4-6(9)10;3-1(4,5)10(9)2(6,7)8/h2-3,5H,4H2,1H3;9H. The van der Waals surface area contributed by atoms with Gasteiger partial charge in [0, 0.05) is 0 Å². The largest absolute Gasteiger partial charge is 0.546 e. The van der Waals surface area contributed by atoms with E-state index in [1.165, 1.54) is 4.57 Å². The highest BCUT2D eigenvalue weighted by atomic mass is 32.2. The SMILES string of the molecule is C[n+]1ccn(CC(=O)[O-])c1.N=S(C(F)(F)F)C(F)(F)F. The van der Waals surface area contributed by atoms with Crippen LogP contribution in [0, 0.1) is 4.78 Å². The third-order valence-corrected chi connectivity index (χ3v) is 2.52. The Bertz CT molecular complexity index is 465. The molecule has 0 aliphatic carbocycles. The second-order valence-electron chi connectivity index (χ2n) is 3.32. The van der Waals surface area contributed by atoms with Crippen LogP contribution < -0.4 is 9.67 Å². The molecule has 1 aromatic heterocycles. The van der Waals surface area contributed by atoms with Gasteiger partial charge in [0.25, 0.3) is 0 Å². The smallest absolute Gasteiger partial charge is 0.460 e. The number of aliphatic carboxylic acids is 1. The molecule has 0 aromatic carbocycles. The third-order valence-electron chi connectivity index (χ3n) is 1.60. The average Bonchev–Trinajstić information content (AvgIpc) is 2.60. The van der Waals surface area contributed by atoms with Crippen molar-refractivity contribution in [1.29, 1.82) is 4.78 Å². The molecule has 0 atom stereocenters. The van der Waals surface area contributed by atoms with Crippen molar-refractivity contribution in [3.8, 4) is 0 Å². The molecule has 0 aliphatic rings. The minimum absolute atomic E-state index is 0.0825. The first kappa shape index (κ1) is 18.4. The Kier molecular flexibility index (Phi) is 6.19. The summed E-state index contributed by atoms with van der Waals surface area (Å²) in [6.07, 6.45) is 5.12. The molecule has 20 heavy (non-hydrogen) atoms. The molecule has 5 nitrogen and oxygen atoms in total. The topological polar surface area (TPSA) is 72.8 Å². The minimum atomic E-state index is -5.49. The third kappa shape index (κ3) is 7.11. The van der Waals surface area contributed by atoms with E-state index >= 15 is 0 Å². The maximum absolute atomic E-state index is 11.0. The van der Waals surface area contributed by atoms with Gasteiger partial charge in [-0.1, -0.05) is 0 Å². The van der Waals surface area contributed by atoms with E-state index in [1.807, 2.05) is 7.05 Å². The molecule has 0 saturated carbocycles. The van der Waals surface area contributed by atoms with Crippen LogP contribution in [0.15, 0.2) is 18.7 Å². The summed E-state index contributed by atoms with van der Waals surface area (Å²) in [5.74, 6) is -1.07. The fourth-order valence-electron chi connectivity index (χ4n) is 0.876. The van der Waals surface area contributed by atoms with Gasteiger partial charge in [-0.05, 0) is 0 Å². The number of nitrogens with one attached hydrogen (secondary N) is 1. The molecule has 1 aromatic rings. The highest BCUT2D eigenvalue weighted by molar-refractivity contribution is 7.87. The van der Waals surface area contributed by atoms with E-state index in [-0.39, 0.29) is 6.54 Å². The number of carbonyl (C=O) groups is 1. The van der Waals surface area contributed by atoms with E-state index in [0.717, 1.165) is 0 Å². The van der Waals surface area contributed by atoms with Gasteiger partial charge in [0.1, 0.15) is 29.6 Å². The molecule has 0 unspecified atom stereocenters. The number of alkyl halides is 6. The number of imidazole rings is 1. The van der Waals surface area contributed by atoms with E-state index < -0.39 is 27.7 Å². The van der Waals surface area contributed by atoms with E-state index in [9.17, 15) is 36.2 Å². The Morgan fingerprint density at radius 2 is 1.75 bits per heavy atom. The molecule has 0 fully saturated rings. The van der Waals surface area contributed by atoms with E-state index in [2.05, 4.69) is 0 Å². The summed E-state index contributed by atoms with van der Waals surface area (Å²) in [5.41, 5.74) is -11.0. The molecule has 1 rings (SSSR count). The summed E-state index contributed by atoms with van der Waals surface area (Å²) < 4.78 is 75.3. The number of hydrogen-bond acceptors (Lipinski definition) is 3. The number of hydrogen-bond donors (Lipinski definition) is 1. The second-order valence-corrected chi connectivity index (χ2v) is 4.86. The molecule has 0 radical (unpaired) electrons. The molecular formula is C8H9F6N3O2S. The number of rotatable bonds is 2. The monoisotopic (exact) mass is 325 g/mol. The van der Waals surface area contributed by atoms with Crippen molar-refractivity contribution in [3.05, 3.63) is 18.7 Å². The van der Waals surface area contributed by atoms with Crippen molar-refractivity contribution >= 4 is 16.7 Å². The molecule has 0 amide bonds. The van der Waals surface area contributed by atoms with Crippen LogP contribution in [0.3, 0.4) is 0 Å². The first-order valence-electron chi connectivity index (χ1n) is 4.64. The van der Waals surface area contributed by atoms with Crippen LogP contribution >= 0.6 is 0 Å². The fraction of sp³-hybridized carbons (Fsp3) is 0.500. The molecule has 0 spiro atoms. The molecule has 0 saturated heterocycles. The fourth-order valence-corrected chi connectivity index (χ4v) is 1.14. The summed E-state index contributed by atoms with van der Waals surface area (Å²) in [6.45, 7) is -0.0825. The summed E-state index contributed by atoms with van der Waals surface area (Å²) in [5, 5.41) is 10.0. The minimum Gasteiger partial charge on any atom is -0.546 e. The van der Waals surface area contributed by atoms with Crippen LogP contribution in [0.4, 0.5) is 26.3 Å². The Morgan fingerprint density at radius 3 is 1.95 bits per heavy atom. The zero-order valence-electron chi connectivity index (χ0n) is 9.83. The van der Waals surface area contributed by atoms with Crippen LogP contribution in [0.25, 0.3) is 0 Å². The van der Waals surface area contributed by atoms with Gasteiger partial charge in [0.2, 0.25) is 6.33 Å². The second kappa shape index (κ2) is 6.72. The first-order chi connectivity index (χ1) is 8.84. The lowest BCUT2D eigenvalue weighted by Gasteiger charge is -2.11. The zero-order chi connectivity index (χ0) is 16.1. The molecule has 0 aliphatic heterocycles. The van der Waals surface area contributed by atoms with Crippen LogP contribution in [0.2, 0.25) is 0 Å². The Labute approximate surface area is 111 Å². The van der Waals surface area contributed by atoms with Gasteiger partial charge in [0.05, 0.1) is 13.0 Å². The predicted octanol–water partition coefficient (Wildman–Crippen LogP) is 0.469. The lowest BCUT2D eigenvalue weighted by Crippen LogP contribution is -2.29. The van der Waals surface area contributed by atoms with Gasteiger partial charge in [-0.15, -0.1) is 0 Å². The Morgan fingerprint density at radius 1 is 1.30 bits per heavy atom. The number of carboxylic acids is 1. The Hall–Kier alpha value is -1.59. The number of halogens is 6. The van der Waals surface area contributed by atoms with Crippen molar-refractivity contribution in [2.24, 2.45) is 7.05 Å². The quantitative estimate of drug-likeness (QED) is 0.634. The van der Waals surface area contributed by atoms with E-state index in [1.54, 1.807) is 23.3 Å². The number of carbonyl (C=O) groups excluding carboxylic acids is 1. The van der Waals surface area contributed by atoms with E-state index in [0.29, 0.717) is 0 Å². The van der Waals surface area contributed by atoms with Crippen molar-refractivity contribution < 1.29 is 40.8 Å². The maximum atomic E-state index is 11.0. The molecule has 12 heteroatoms. The lowest BCUT2D eigenvalue weighted by molar-refractivity contribution is -0.671. The van der Waals surface area contributed by atoms with Crippen molar-refractivity contribution in [1.82, 2.24) is 4.57 Å². The van der Waals surface area contributed by atoms with Gasteiger partial charge in [-0.3, -0.25) is 4.78 Å². The maximum Gasteiger partial charge on any atom is 0.460 e. The first-order valence-corrected chi connectivity index (χ1v) is 5.86. The number of aryl methyl sites for hydroxylation is 1. The van der Waals surface area contributed by atoms with Crippen LogP contribution in [0.5, 0.6) is 0 Å². The van der Waals surface area contributed by atoms with Crippen LogP contribution in [0.1, 0.15) is 0 Å². The van der Waals surface area contributed by atoms with Gasteiger partial charge >= 0.3 is 11.0 Å². The lowest BCUT2D eigenvalue weighted by atomic mass is 10.6. The van der Waals surface area contributed by atoms with Gasteiger partial charge in [-0.25, -0.2) is 9.13 Å². The summed E-state index contributed by atoms with van der Waals surface area (Å²) in [4.78, 5) is 10.0. The summed E-state index contributed by atoms with van der Waals surface area (Å²) >= 11 is 0. The number of carboxylic acid groups (broad SMARTS) is 1. The molecule has 1 heterocycles. The normalized spacial score (nSPS) is 12.0. The van der Waals surface area contributed by atoms with Crippen LogP contribution in [-0.2, 0) is 29.1 Å². The average molecular weight is 325 g/mol. The number of aromatic nitrogens is 2. The van der Waals surface area contributed by atoms with E-state index in [4.69, 9.17) is 4.78 Å². The molecular weight excluding hydrogens is 316 g/mol. The zero-order valence-corrected chi connectivity index (χ0v) is 10.6.